The minimum atomic E-state index is -5.59. The zero-order chi connectivity index (χ0) is 18.6. The molecule has 0 saturated heterocycles. The van der Waals surface area contributed by atoms with Gasteiger partial charge in [0.2, 0.25) is 0 Å². The lowest BCUT2D eigenvalue weighted by Crippen LogP contribution is -2.57. The van der Waals surface area contributed by atoms with Crippen LogP contribution in [0.3, 0.4) is 0 Å². The smallest absolute Gasteiger partial charge is 0.198 e. The van der Waals surface area contributed by atoms with E-state index in [0.717, 1.165) is 13.0 Å². The van der Waals surface area contributed by atoms with Crippen LogP contribution in [-0.2, 0) is 11.3 Å². The van der Waals surface area contributed by atoms with Crippen molar-refractivity contribution >= 4 is 0 Å². The Kier molecular flexibility index (Phi) is 2.75. The van der Waals surface area contributed by atoms with E-state index < -0.39 is 40.1 Å². The van der Waals surface area contributed by atoms with Gasteiger partial charge in [0.25, 0.3) is 0 Å². The molecule has 0 saturated carbocycles. The van der Waals surface area contributed by atoms with Gasteiger partial charge >= 0.3 is 18.0 Å². The summed E-state index contributed by atoms with van der Waals surface area (Å²) in [5.74, 6) is -10.3. The SMILES string of the molecule is Cc1ccc2c(c1)C1(C(F)(F)F)c3c-2ccc(C)c3C(F)(F)C1(F)F. The monoisotopic (exact) mass is 360 g/mol. The highest BCUT2D eigenvalue weighted by atomic mass is 19.4. The van der Waals surface area contributed by atoms with Gasteiger partial charge in [0.1, 0.15) is 0 Å². The molecule has 1 atom stereocenters. The molecule has 0 spiro atoms. The number of fused-ring (bicyclic) bond motifs is 3. The molecule has 0 fully saturated rings. The molecule has 2 aliphatic carbocycles. The van der Waals surface area contributed by atoms with E-state index in [2.05, 4.69) is 0 Å². The van der Waals surface area contributed by atoms with Crippen LogP contribution in [0, 0.1) is 13.8 Å². The van der Waals surface area contributed by atoms with Crippen LogP contribution in [0.25, 0.3) is 11.1 Å². The van der Waals surface area contributed by atoms with Gasteiger partial charge in [-0.05, 0) is 41.7 Å². The van der Waals surface area contributed by atoms with Gasteiger partial charge in [0.05, 0.1) is 0 Å². The third-order valence-electron chi connectivity index (χ3n) is 5.26. The van der Waals surface area contributed by atoms with E-state index in [1.807, 2.05) is 0 Å². The third-order valence-corrected chi connectivity index (χ3v) is 5.26. The summed E-state index contributed by atoms with van der Waals surface area (Å²) in [7, 11) is 0. The van der Waals surface area contributed by atoms with E-state index in [4.69, 9.17) is 0 Å². The maximum Gasteiger partial charge on any atom is 0.408 e. The van der Waals surface area contributed by atoms with Crippen molar-refractivity contribution in [3.63, 3.8) is 0 Å². The Morgan fingerprint density at radius 1 is 0.800 bits per heavy atom. The fraction of sp³-hybridized carbons (Fsp3) is 0.333. The van der Waals surface area contributed by atoms with E-state index >= 15 is 0 Å². The standard InChI is InChI=1S/C18H11F7/c1-8-3-5-10-11-6-4-9(2)13-14(11)15(12(10)7-8,18(23,24)25)17(21,22)16(13,19)20/h3-7H,1-2H3. The van der Waals surface area contributed by atoms with Crippen molar-refractivity contribution in [3.05, 3.63) is 58.1 Å². The lowest BCUT2D eigenvalue weighted by atomic mass is 9.75. The van der Waals surface area contributed by atoms with Crippen LogP contribution in [0.1, 0.15) is 27.8 Å². The van der Waals surface area contributed by atoms with E-state index in [1.165, 1.54) is 31.2 Å². The van der Waals surface area contributed by atoms with Crippen molar-refractivity contribution in [2.24, 2.45) is 0 Å². The Hall–Kier alpha value is -2.05. The Balaban J connectivity index is 2.31. The molecule has 4 rings (SSSR count). The third kappa shape index (κ3) is 1.48. The zero-order valence-electron chi connectivity index (χ0n) is 13.0. The van der Waals surface area contributed by atoms with Crippen LogP contribution in [0.4, 0.5) is 30.7 Å². The van der Waals surface area contributed by atoms with Crippen LogP contribution in [0.15, 0.2) is 30.3 Å². The fourth-order valence-electron chi connectivity index (χ4n) is 4.25. The van der Waals surface area contributed by atoms with Crippen LogP contribution in [-0.4, -0.2) is 12.1 Å². The number of aryl methyl sites for hydroxylation is 2. The lowest BCUT2D eigenvalue weighted by Gasteiger charge is -2.37. The number of halogens is 7. The molecule has 0 N–H and O–H groups in total. The van der Waals surface area contributed by atoms with Crippen molar-refractivity contribution < 1.29 is 30.7 Å². The molecule has 0 heterocycles. The first-order valence-electron chi connectivity index (χ1n) is 7.47. The van der Waals surface area contributed by atoms with Gasteiger partial charge < -0.3 is 0 Å². The van der Waals surface area contributed by atoms with Crippen molar-refractivity contribution in [2.75, 3.05) is 0 Å². The van der Waals surface area contributed by atoms with Crippen LogP contribution < -0.4 is 0 Å². The molecule has 0 amide bonds. The summed E-state index contributed by atoms with van der Waals surface area (Å²) in [6, 6.07) is 6.09. The van der Waals surface area contributed by atoms with E-state index in [1.54, 1.807) is 0 Å². The Morgan fingerprint density at radius 2 is 1.40 bits per heavy atom. The van der Waals surface area contributed by atoms with Gasteiger partial charge in [-0.3, -0.25) is 0 Å². The molecule has 0 nitrogen and oxygen atoms in total. The second-order valence-electron chi connectivity index (χ2n) is 6.63. The maximum absolute atomic E-state index is 14.9. The molecule has 0 bridgehead atoms. The van der Waals surface area contributed by atoms with Crippen molar-refractivity contribution in [1.29, 1.82) is 0 Å². The predicted octanol–water partition coefficient (Wildman–Crippen LogP) is 5.87. The lowest BCUT2D eigenvalue weighted by molar-refractivity contribution is -0.298. The highest BCUT2D eigenvalue weighted by Crippen LogP contribution is 2.74. The van der Waals surface area contributed by atoms with Gasteiger partial charge in [-0.15, -0.1) is 0 Å². The summed E-state index contributed by atoms with van der Waals surface area (Å²) in [4.78, 5) is 0. The van der Waals surface area contributed by atoms with Crippen molar-refractivity contribution in [2.45, 2.75) is 37.3 Å². The second kappa shape index (κ2) is 4.19. The molecule has 2 aromatic rings. The second-order valence-corrected chi connectivity index (χ2v) is 6.63. The number of hydrogen-bond acceptors (Lipinski definition) is 0. The summed E-state index contributed by atoms with van der Waals surface area (Å²) in [5, 5.41) is 0. The van der Waals surface area contributed by atoms with Gasteiger partial charge in [-0.25, -0.2) is 0 Å². The number of benzene rings is 2. The highest BCUT2D eigenvalue weighted by molar-refractivity contribution is 5.87. The van der Waals surface area contributed by atoms with Crippen molar-refractivity contribution in [1.82, 2.24) is 0 Å². The molecule has 132 valence electrons. The first-order valence-corrected chi connectivity index (χ1v) is 7.47. The van der Waals surface area contributed by atoms with Gasteiger partial charge in [-0.1, -0.05) is 35.9 Å². The molecule has 25 heavy (non-hydrogen) atoms. The quantitative estimate of drug-likeness (QED) is 0.515. The van der Waals surface area contributed by atoms with E-state index in [0.29, 0.717) is 5.56 Å². The number of alkyl halides is 7. The fourth-order valence-corrected chi connectivity index (χ4v) is 4.25. The first kappa shape index (κ1) is 16.4. The molecule has 0 radical (unpaired) electrons. The van der Waals surface area contributed by atoms with Gasteiger partial charge in [-0.2, -0.15) is 30.7 Å². The topological polar surface area (TPSA) is 0 Å². The minimum Gasteiger partial charge on any atom is -0.198 e. The summed E-state index contributed by atoms with van der Waals surface area (Å²) >= 11 is 0. The first-order chi connectivity index (χ1) is 11.4. The van der Waals surface area contributed by atoms with E-state index in [-0.39, 0.29) is 16.7 Å². The van der Waals surface area contributed by atoms with Crippen LogP contribution in [0.2, 0.25) is 0 Å². The van der Waals surface area contributed by atoms with Gasteiger partial charge in [0.15, 0.2) is 5.41 Å². The normalized spacial score (nSPS) is 25.0. The summed E-state index contributed by atoms with van der Waals surface area (Å²) in [6.07, 6.45) is -5.59. The maximum atomic E-state index is 14.9. The molecular weight excluding hydrogens is 349 g/mol. The highest BCUT2D eigenvalue weighted by Gasteiger charge is 2.87. The average molecular weight is 360 g/mol. The summed E-state index contributed by atoms with van der Waals surface area (Å²) in [6.45, 7) is 2.56. The molecule has 0 aromatic heterocycles. The number of rotatable bonds is 0. The average Bonchev–Trinajstić information content (AvgIpc) is 2.83. The molecular formula is C18H11F7. The molecule has 0 aliphatic heterocycles. The van der Waals surface area contributed by atoms with Crippen LogP contribution in [0.5, 0.6) is 0 Å². The Morgan fingerprint density at radius 3 is 2.00 bits per heavy atom. The minimum absolute atomic E-state index is 0.0747. The summed E-state index contributed by atoms with van der Waals surface area (Å²) < 4.78 is 101. The summed E-state index contributed by atoms with van der Waals surface area (Å²) in [5.41, 5.74) is -7.32. The largest absolute Gasteiger partial charge is 0.408 e. The number of hydrogen-bond donors (Lipinski definition) is 0. The Bertz CT molecular complexity index is 924. The van der Waals surface area contributed by atoms with Crippen LogP contribution >= 0.6 is 0 Å². The van der Waals surface area contributed by atoms with E-state index in [9.17, 15) is 30.7 Å². The van der Waals surface area contributed by atoms with Crippen molar-refractivity contribution in [3.8, 4) is 11.1 Å². The molecule has 2 aliphatic rings. The molecule has 7 heteroatoms. The molecule has 2 aromatic carbocycles. The molecule has 1 unspecified atom stereocenters. The Labute approximate surface area is 138 Å². The van der Waals surface area contributed by atoms with Gasteiger partial charge in [0, 0.05) is 5.56 Å². The zero-order valence-corrected chi connectivity index (χ0v) is 13.0. The predicted molar refractivity (Wildman–Crippen MR) is 77.0 cm³/mol.